The number of fused-ring (bicyclic) bond motifs is 1. The van der Waals surface area contributed by atoms with Crippen molar-refractivity contribution in [1.82, 2.24) is 19.7 Å². The van der Waals surface area contributed by atoms with Crippen LogP contribution in [-0.4, -0.2) is 39.3 Å². The fourth-order valence-corrected chi connectivity index (χ4v) is 3.28. The summed E-state index contributed by atoms with van der Waals surface area (Å²) in [5.74, 6) is 1.21. The van der Waals surface area contributed by atoms with Crippen molar-refractivity contribution in [2.45, 2.75) is 26.3 Å². The fraction of sp³-hybridized carbons (Fsp3) is 0.412. The third-order valence-electron chi connectivity index (χ3n) is 4.39. The van der Waals surface area contributed by atoms with Gasteiger partial charge in [0.05, 0.1) is 0 Å². The van der Waals surface area contributed by atoms with Crippen LogP contribution in [0.25, 0.3) is 22.5 Å². The second kappa shape index (κ2) is 5.57. The predicted molar refractivity (Wildman–Crippen MR) is 85.6 cm³/mol. The van der Waals surface area contributed by atoms with Crippen molar-refractivity contribution in [2.75, 3.05) is 19.6 Å². The minimum atomic E-state index is 0.603. The van der Waals surface area contributed by atoms with Crippen molar-refractivity contribution in [3.8, 4) is 11.6 Å². The highest BCUT2D eigenvalue weighted by Gasteiger charge is 2.17. The van der Waals surface area contributed by atoms with E-state index in [1.54, 1.807) is 0 Å². The van der Waals surface area contributed by atoms with Crippen LogP contribution in [0, 0.1) is 6.92 Å². The molecule has 1 fully saturated rings. The van der Waals surface area contributed by atoms with Crippen molar-refractivity contribution in [3.05, 3.63) is 36.2 Å². The third kappa shape index (κ3) is 2.41. The van der Waals surface area contributed by atoms with Crippen molar-refractivity contribution in [3.63, 3.8) is 0 Å². The molecule has 1 aromatic carbocycles. The largest absolute Gasteiger partial charge is 0.420 e. The molecule has 0 aliphatic carbocycles. The van der Waals surface area contributed by atoms with E-state index in [0.29, 0.717) is 11.8 Å². The summed E-state index contributed by atoms with van der Waals surface area (Å²) in [6, 6.07) is 10.6. The van der Waals surface area contributed by atoms with Gasteiger partial charge in [0.2, 0.25) is 5.89 Å². The monoisotopic (exact) mass is 296 g/mol. The summed E-state index contributed by atoms with van der Waals surface area (Å²) < 4.78 is 7.96. The molecular weight excluding hydrogens is 276 g/mol. The van der Waals surface area contributed by atoms with E-state index in [1.807, 2.05) is 6.92 Å². The SMILES string of the molecule is Cc1nnc(-c2cc3ccccc3n2CCN2CCCC2)o1. The van der Waals surface area contributed by atoms with Gasteiger partial charge in [0.25, 0.3) is 5.89 Å². The standard InChI is InChI=1S/C17H20N4O/c1-13-18-19-17(22-13)16-12-14-6-2-3-7-15(14)21(16)11-10-20-8-4-5-9-20/h2-3,6-7,12H,4-5,8-11H2,1H3. The van der Waals surface area contributed by atoms with Crippen molar-refractivity contribution in [2.24, 2.45) is 0 Å². The van der Waals surface area contributed by atoms with Crippen LogP contribution in [0.5, 0.6) is 0 Å². The second-order valence-electron chi connectivity index (χ2n) is 5.92. The van der Waals surface area contributed by atoms with Crippen LogP contribution in [-0.2, 0) is 6.54 Å². The highest BCUT2D eigenvalue weighted by molar-refractivity contribution is 5.85. The maximum Gasteiger partial charge on any atom is 0.264 e. The maximum absolute atomic E-state index is 5.65. The molecule has 1 aliphatic rings. The van der Waals surface area contributed by atoms with Gasteiger partial charge in [-0.15, -0.1) is 10.2 Å². The van der Waals surface area contributed by atoms with Gasteiger partial charge in [0.15, 0.2) is 0 Å². The Hall–Kier alpha value is -2.14. The van der Waals surface area contributed by atoms with Gasteiger partial charge in [0.1, 0.15) is 5.69 Å². The van der Waals surface area contributed by atoms with E-state index in [0.717, 1.165) is 18.8 Å². The number of hydrogen-bond donors (Lipinski definition) is 0. The highest BCUT2D eigenvalue weighted by Crippen LogP contribution is 2.27. The van der Waals surface area contributed by atoms with Gasteiger partial charge in [-0.3, -0.25) is 0 Å². The molecule has 2 aromatic heterocycles. The van der Waals surface area contributed by atoms with Crippen LogP contribution in [0.15, 0.2) is 34.7 Å². The molecule has 4 rings (SSSR count). The first-order valence-electron chi connectivity index (χ1n) is 7.92. The summed E-state index contributed by atoms with van der Waals surface area (Å²) in [5.41, 5.74) is 2.24. The maximum atomic E-state index is 5.65. The number of aromatic nitrogens is 3. The van der Waals surface area contributed by atoms with Crippen LogP contribution < -0.4 is 0 Å². The van der Waals surface area contributed by atoms with Crippen LogP contribution in [0.3, 0.4) is 0 Å². The lowest BCUT2D eigenvalue weighted by Gasteiger charge is -2.16. The van der Waals surface area contributed by atoms with Crippen molar-refractivity contribution >= 4 is 10.9 Å². The summed E-state index contributed by atoms with van der Waals surface area (Å²) in [5, 5.41) is 9.39. The number of aryl methyl sites for hydroxylation is 1. The van der Waals surface area contributed by atoms with E-state index < -0.39 is 0 Å². The highest BCUT2D eigenvalue weighted by atomic mass is 16.4. The summed E-state index contributed by atoms with van der Waals surface area (Å²) in [6.07, 6.45) is 2.64. The Kier molecular flexibility index (Phi) is 3.42. The number of para-hydroxylation sites is 1. The minimum absolute atomic E-state index is 0.603. The van der Waals surface area contributed by atoms with Gasteiger partial charge >= 0.3 is 0 Å². The van der Waals surface area contributed by atoms with Crippen LogP contribution in [0.2, 0.25) is 0 Å². The lowest BCUT2D eigenvalue weighted by molar-refractivity contribution is 0.324. The van der Waals surface area contributed by atoms with E-state index in [1.165, 1.54) is 36.8 Å². The number of benzene rings is 1. The minimum Gasteiger partial charge on any atom is -0.420 e. The van der Waals surface area contributed by atoms with Gasteiger partial charge in [-0.1, -0.05) is 18.2 Å². The molecule has 0 unspecified atom stereocenters. The second-order valence-corrected chi connectivity index (χ2v) is 5.92. The molecule has 0 radical (unpaired) electrons. The molecule has 22 heavy (non-hydrogen) atoms. The van der Waals surface area contributed by atoms with E-state index in [2.05, 4.69) is 50.0 Å². The Morgan fingerprint density at radius 2 is 1.91 bits per heavy atom. The molecule has 0 amide bonds. The molecule has 3 aromatic rings. The zero-order chi connectivity index (χ0) is 14.9. The summed E-state index contributed by atoms with van der Waals surface area (Å²) in [7, 11) is 0. The molecule has 1 aliphatic heterocycles. The number of rotatable bonds is 4. The predicted octanol–water partition coefficient (Wildman–Crippen LogP) is 3.10. The van der Waals surface area contributed by atoms with Crippen LogP contribution in [0.4, 0.5) is 0 Å². The summed E-state index contributed by atoms with van der Waals surface area (Å²) >= 11 is 0. The first kappa shape index (κ1) is 13.5. The van der Waals surface area contributed by atoms with E-state index in [-0.39, 0.29) is 0 Å². The van der Waals surface area contributed by atoms with E-state index in [4.69, 9.17) is 4.42 Å². The van der Waals surface area contributed by atoms with Crippen LogP contribution in [0.1, 0.15) is 18.7 Å². The summed E-state index contributed by atoms with van der Waals surface area (Å²) in [4.78, 5) is 2.53. The number of likely N-dealkylation sites (tertiary alicyclic amines) is 1. The van der Waals surface area contributed by atoms with Crippen molar-refractivity contribution < 1.29 is 4.42 Å². The Balaban J connectivity index is 1.72. The molecule has 1 saturated heterocycles. The Bertz CT molecular complexity index is 783. The van der Waals surface area contributed by atoms with Gasteiger partial charge < -0.3 is 13.9 Å². The summed E-state index contributed by atoms with van der Waals surface area (Å²) in [6.45, 7) is 6.28. The number of nitrogens with zero attached hydrogens (tertiary/aromatic N) is 4. The fourth-order valence-electron chi connectivity index (χ4n) is 3.28. The molecule has 0 bridgehead atoms. The average molecular weight is 296 g/mol. The molecule has 5 nitrogen and oxygen atoms in total. The molecule has 5 heteroatoms. The first-order valence-corrected chi connectivity index (χ1v) is 7.92. The topological polar surface area (TPSA) is 47.1 Å². The van der Waals surface area contributed by atoms with Gasteiger partial charge in [-0.25, -0.2) is 0 Å². The molecule has 0 atom stereocenters. The normalized spacial score (nSPS) is 15.9. The smallest absolute Gasteiger partial charge is 0.264 e. The lowest BCUT2D eigenvalue weighted by atomic mass is 10.2. The van der Waals surface area contributed by atoms with Gasteiger partial charge in [-0.05, 0) is 38.1 Å². The van der Waals surface area contributed by atoms with Crippen molar-refractivity contribution in [1.29, 1.82) is 0 Å². The molecule has 0 spiro atoms. The van der Waals surface area contributed by atoms with Gasteiger partial charge in [-0.2, -0.15) is 0 Å². The van der Waals surface area contributed by atoms with E-state index >= 15 is 0 Å². The first-order chi connectivity index (χ1) is 10.8. The molecule has 0 N–H and O–H groups in total. The van der Waals surface area contributed by atoms with E-state index in [9.17, 15) is 0 Å². The quantitative estimate of drug-likeness (QED) is 0.742. The lowest BCUT2D eigenvalue weighted by Crippen LogP contribution is -2.24. The Labute approximate surface area is 129 Å². The molecule has 114 valence electrons. The third-order valence-corrected chi connectivity index (χ3v) is 4.39. The average Bonchev–Trinajstić information content (AvgIpc) is 3.24. The zero-order valence-corrected chi connectivity index (χ0v) is 12.8. The van der Waals surface area contributed by atoms with Gasteiger partial charge in [0, 0.05) is 30.9 Å². The molecule has 3 heterocycles. The van der Waals surface area contributed by atoms with Crippen LogP contribution >= 0.6 is 0 Å². The Morgan fingerprint density at radius 3 is 2.68 bits per heavy atom. The zero-order valence-electron chi connectivity index (χ0n) is 12.8. The molecule has 0 saturated carbocycles. The number of hydrogen-bond acceptors (Lipinski definition) is 4. The molecular formula is C17H20N4O. The Morgan fingerprint density at radius 1 is 1.09 bits per heavy atom.